The van der Waals surface area contributed by atoms with Crippen LogP contribution in [0.4, 0.5) is 4.79 Å². The standard InChI is InChI=1S/C16H22N4O2/c1-13(12-20-8-4-7-19-20)10-17-16(21)18-11-14-5-3-6-15(9-14)22-2/h3-9,13H,10-12H2,1-2H3,(H2,17,18,21)/t13-/m0/s1. The average Bonchev–Trinajstić information content (AvgIpc) is 3.04. The molecule has 0 fully saturated rings. The second-order valence-electron chi connectivity index (χ2n) is 5.25. The number of methoxy groups -OCH3 is 1. The van der Waals surface area contributed by atoms with Crippen molar-refractivity contribution in [2.24, 2.45) is 5.92 Å². The molecule has 2 N–H and O–H groups in total. The molecule has 2 aromatic rings. The Bertz CT molecular complexity index is 584. The van der Waals surface area contributed by atoms with Gasteiger partial charge in [0, 0.05) is 32.0 Å². The molecule has 0 bridgehead atoms. The lowest BCUT2D eigenvalue weighted by molar-refractivity contribution is 0.238. The van der Waals surface area contributed by atoms with Crippen LogP contribution < -0.4 is 15.4 Å². The van der Waals surface area contributed by atoms with Crippen molar-refractivity contribution in [3.05, 3.63) is 48.3 Å². The second kappa shape index (κ2) is 8.07. The smallest absolute Gasteiger partial charge is 0.315 e. The summed E-state index contributed by atoms with van der Waals surface area (Å²) in [7, 11) is 1.63. The maximum Gasteiger partial charge on any atom is 0.315 e. The van der Waals surface area contributed by atoms with E-state index in [1.54, 1.807) is 13.3 Å². The molecule has 0 aliphatic rings. The number of hydrogen-bond acceptors (Lipinski definition) is 3. The van der Waals surface area contributed by atoms with Gasteiger partial charge < -0.3 is 15.4 Å². The molecular formula is C16H22N4O2. The van der Waals surface area contributed by atoms with Gasteiger partial charge in [-0.25, -0.2) is 4.79 Å². The molecule has 6 heteroatoms. The molecule has 0 radical (unpaired) electrons. The Balaban J connectivity index is 1.69. The number of carbonyl (C=O) groups excluding carboxylic acids is 1. The van der Waals surface area contributed by atoms with Gasteiger partial charge in [0.2, 0.25) is 0 Å². The maximum absolute atomic E-state index is 11.8. The summed E-state index contributed by atoms with van der Waals surface area (Å²) in [4.78, 5) is 11.8. The first-order valence-corrected chi connectivity index (χ1v) is 7.29. The minimum absolute atomic E-state index is 0.171. The molecule has 22 heavy (non-hydrogen) atoms. The van der Waals surface area contributed by atoms with Crippen LogP contribution in [0.3, 0.4) is 0 Å². The number of rotatable bonds is 7. The van der Waals surface area contributed by atoms with Gasteiger partial charge in [0.15, 0.2) is 0 Å². The summed E-state index contributed by atoms with van der Waals surface area (Å²) in [6, 6.07) is 9.35. The fourth-order valence-corrected chi connectivity index (χ4v) is 2.09. The molecule has 118 valence electrons. The van der Waals surface area contributed by atoms with Gasteiger partial charge in [-0.1, -0.05) is 19.1 Å². The van der Waals surface area contributed by atoms with Crippen LogP contribution in [-0.2, 0) is 13.1 Å². The molecule has 1 heterocycles. The van der Waals surface area contributed by atoms with Gasteiger partial charge in [-0.3, -0.25) is 4.68 Å². The number of benzene rings is 1. The summed E-state index contributed by atoms with van der Waals surface area (Å²) in [6.45, 7) is 3.92. The molecule has 0 aliphatic carbocycles. The quantitative estimate of drug-likeness (QED) is 0.822. The Morgan fingerprint density at radius 1 is 1.36 bits per heavy atom. The van der Waals surface area contributed by atoms with E-state index in [9.17, 15) is 4.79 Å². The molecule has 2 amide bonds. The Kier molecular flexibility index (Phi) is 5.82. The van der Waals surface area contributed by atoms with E-state index in [-0.39, 0.29) is 6.03 Å². The average molecular weight is 302 g/mol. The Hall–Kier alpha value is -2.50. The number of hydrogen-bond donors (Lipinski definition) is 2. The van der Waals surface area contributed by atoms with Crippen molar-refractivity contribution in [3.8, 4) is 5.75 Å². The molecular weight excluding hydrogens is 280 g/mol. The van der Waals surface area contributed by atoms with Crippen molar-refractivity contribution in [1.82, 2.24) is 20.4 Å². The van der Waals surface area contributed by atoms with Gasteiger partial charge in [-0.2, -0.15) is 5.10 Å². The number of ether oxygens (including phenoxy) is 1. The lowest BCUT2D eigenvalue weighted by atomic mass is 10.2. The van der Waals surface area contributed by atoms with E-state index in [0.717, 1.165) is 17.9 Å². The lowest BCUT2D eigenvalue weighted by Crippen LogP contribution is -2.38. The third-order valence-electron chi connectivity index (χ3n) is 3.26. The van der Waals surface area contributed by atoms with E-state index >= 15 is 0 Å². The molecule has 1 atom stereocenters. The van der Waals surface area contributed by atoms with Crippen LogP contribution in [0.25, 0.3) is 0 Å². The first-order valence-electron chi connectivity index (χ1n) is 7.29. The SMILES string of the molecule is COc1cccc(CNC(=O)NC[C@H](C)Cn2cccn2)c1. The van der Waals surface area contributed by atoms with E-state index in [0.29, 0.717) is 19.0 Å². The van der Waals surface area contributed by atoms with Gasteiger partial charge >= 0.3 is 6.03 Å². The third kappa shape index (κ3) is 5.12. The van der Waals surface area contributed by atoms with Gasteiger partial charge in [0.1, 0.15) is 5.75 Å². The number of nitrogens with zero attached hydrogens (tertiary/aromatic N) is 2. The number of carbonyl (C=O) groups is 1. The molecule has 6 nitrogen and oxygen atoms in total. The zero-order valence-corrected chi connectivity index (χ0v) is 13.0. The molecule has 0 saturated carbocycles. The normalized spacial score (nSPS) is 11.7. The van der Waals surface area contributed by atoms with Crippen molar-refractivity contribution in [2.75, 3.05) is 13.7 Å². The molecule has 0 saturated heterocycles. The van der Waals surface area contributed by atoms with E-state index < -0.39 is 0 Å². The van der Waals surface area contributed by atoms with Crippen LogP contribution >= 0.6 is 0 Å². The highest BCUT2D eigenvalue weighted by Crippen LogP contribution is 2.11. The first-order chi connectivity index (χ1) is 10.7. The molecule has 0 aliphatic heterocycles. The van der Waals surface area contributed by atoms with Gasteiger partial charge in [0.25, 0.3) is 0 Å². The minimum atomic E-state index is -0.171. The Morgan fingerprint density at radius 2 is 2.23 bits per heavy atom. The minimum Gasteiger partial charge on any atom is -0.497 e. The van der Waals surface area contributed by atoms with Crippen molar-refractivity contribution in [2.45, 2.75) is 20.0 Å². The Morgan fingerprint density at radius 3 is 2.95 bits per heavy atom. The van der Waals surface area contributed by atoms with Crippen LogP contribution in [-0.4, -0.2) is 29.5 Å². The van der Waals surface area contributed by atoms with Gasteiger partial charge in [0.05, 0.1) is 7.11 Å². The largest absolute Gasteiger partial charge is 0.497 e. The van der Waals surface area contributed by atoms with E-state index in [4.69, 9.17) is 4.74 Å². The highest BCUT2D eigenvalue weighted by molar-refractivity contribution is 5.73. The number of amides is 2. The second-order valence-corrected chi connectivity index (χ2v) is 5.25. The summed E-state index contributed by atoms with van der Waals surface area (Å²) in [5, 5.41) is 9.86. The van der Waals surface area contributed by atoms with E-state index in [1.807, 2.05) is 41.2 Å². The van der Waals surface area contributed by atoms with E-state index in [1.165, 1.54) is 0 Å². The highest BCUT2D eigenvalue weighted by atomic mass is 16.5. The third-order valence-corrected chi connectivity index (χ3v) is 3.26. The summed E-state index contributed by atoms with van der Waals surface area (Å²) >= 11 is 0. The predicted molar refractivity (Wildman–Crippen MR) is 84.6 cm³/mol. The first kappa shape index (κ1) is 15.9. The van der Waals surface area contributed by atoms with Crippen LogP contribution in [0, 0.1) is 5.92 Å². The molecule has 1 aromatic heterocycles. The number of urea groups is 1. The van der Waals surface area contributed by atoms with Crippen LogP contribution in [0.5, 0.6) is 5.75 Å². The maximum atomic E-state index is 11.8. The van der Waals surface area contributed by atoms with Crippen molar-refractivity contribution in [1.29, 1.82) is 0 Å². The predicted octanol–water partition coefficient (Wildman–Crippen LogP) is 2.03. The zero-order valence-electron chi connectivity index (χ0n) is 13.0. The highest BCUT2D eigenvalue weighted by Gasteiger charge is 2.06. The summed E-state index contributed by atoms with van der Waals surface area (Å²) in [6.07, 6.45) is 3.67. The van der Waals surface area contributed by atoms with Crippen LogP contribution in [0.1, 0.15) is 12.5 Å². The molecule has 0 unspecified atom stereocenters. The van der Waals surface area contributed by atoms with Gasteiger partial charge in [-0.05, 0) is 29.7 Å². The lowest BCUT2D eigenvalue weighted by Gasteiger charge is -2.13. The Labute approximate surface area is 130 Å². The molecule has 2 rings (SSSR count). The molecule has 1 aromatic carbocycles. The summed E-state index contributed by atoms with van der Waals surface area (Å²) in [5.41, 5.74) is 0.999. The topological polar surface area (TPSA) is 68.2 Å². The summed E-state index contributed by atoms with van der Waals surface area (Å²) < 4.78 is 7.02. The number of nitrogens with one attached hydrogen (secondary N) is 2. The fraction of sp³-hybridized carbons (Fsp3) is 0.375. The summed E-state index contributed by atoms with van der Waals surface area (Å²) in [5.74, 6) is 1.09. The van der Waals surface area contributed by atoms with Crippen molar-refractivity contribution in [3.63, 3.8) is 0 Å². The van der Waals surface area contributed by atoms with Gasteiger partial charge in [-0.15, -0.1) is 0 Å². The fourth-order valence-electron chi connectivity index (χ4n) is 2.09. The van der Waals surface area contributed by atoms with Crippen molar-refractivity contribution >= 4 is 6.03 Å². The zero-order chi connectivity index (χ0) is 15.8. The van der Waals surface area contributed by atoms with Crippen LogP contribution in [0.15, 0.2) is 42.7 Å². The monoisotopic (exact) mass is 302 g/mol. The van der Waals surface area contributed by atoms with Crippen molar-refractivity contribution < 1.29 is 9.53 Å². The van der Waals surface area contributed by atoms with E-state index in [2.05, 4.69) is 22.7 Å². The van der Waals surface area contributed by atoms with Crippen LogP contribution in [0.2, 0.25) is 0 Å². The number of aromatic nitrogens is 2. The molecule has 0 spiro atoms.